The first-order chi connectivity index (χ1) is 16.0. The van der Waals surface area contributed by atoms with Crippen LogP contribution in [0.25, 0.3) is 0 Å². The molecule has 0 radical (unpaired) electrons. The minimum absolute atomic E-state index is 0.161. The lowest BCUT2D eigenvalue weighted by Crippen LogP contribution is -2.40. The predicted molar refractivity (Wildman–Crippen MR) is 129 cm³/mol. The third kappa shape index (κ3) is 5.57. The van der Waals surface area contributed by atoms with Crippen LogP contribution in [0, 0.1) is 6.92 Å². The fraction of sp³-hybridized carbons (Fsp3) is 0.480. The lowest BCUT2D eigenvalue weighted by atomic mass is 10.1. The molecular weight excluding hydrogens is 438 g/mol. The van der Waals surface area contributed by atoms with Gasteiger partial charge in [0.25, 0.3) is 5.91 Å². The van der Waals surface area contributed by atoms with Gasteiger partial charge in [-0.05, 0) is 61.9 Å². The largest absolute Gasteiger partial charge is 0.379 e. The molecule has 178 valence electrons. The van der Waals surface area contributed by atoms with Gasteiger partial charge in [0.1, 0.15) is 0 Å². The van der Waals surface area contributed by atoms with Gasteiger partial charge in [0, 0.05) is 38.4 Å². The van der Waals surface area contributed by atoms with Crippen molar-refractivity contribution >= 4 is 21.6 Å². The van der Waals surface area contributed by atoms with Gasteiger partial charge in [-0.1, -0.05) is 24.3 Å². The molecule has 2 aliphatic heterocycles. The Labute approximate surface area is 196 Å². The van der Waals surface area contributed by atoms with Gasteiger partial charge in [0.15, 0.2) is 0 Å². The Morgan fingerprint density at radius 1 is 1.00 bits per heavy atom. The molecule has 0 saturated carbocycles. The Morgan fingerprint density at radius 3 is 2.45 bits per heavy atom. The van der Waals surface area contributed by atoms with Crippen molar-refractivity contribution in [2.45, 2.75) is 37.5 Å². The number of hydrogen-bond acceptors (Lipinski definition) is 5. The van der Waals surface area contributed by atoms with E-state index in [2.05, 4.69) is 29.3 Å². The number of ether oxygens (including phenoxy) is 1. The van der Waals surface area contributed by atoms with Crippen molar-refractivity contribution in [1.82, 2.24) is 9.62 Å². The van der Waals surface area contributed by atoms with Gasteiger partial charge in [-0.25, -0.2) is 8.42 Å². The first kappa shape index (κ1) is 23.7. The number of morpholine rings is 1. The molecule has 0 aromatic heterocycles. The number of rotatable bonds is 7. The fourth-order valence-corrected chi connectivity index (χ4v) is 5.94. The molecule has 8 heteroatoms. The van der Waals surface area contributed by atoms with Crippen molar-refractivity contribution in [2.24, 2.45) is 0 Å². The summed E-state index contributed by atoms with van der Waals surface area (Å²) in [6.45, 7) is 5.73. The SMILES string of the molecule is Cc1ccccc1CCNC(=O)c1cc(S(=O)(=O)N2CCOCC2)ccc1N1CCCCC1. The van der Waals surface area contributed by atoms with Crippen molar-refractivity contribution in [3.05, 3.63) is 59.2 Å². The summed E-state index contributed by atoms with van der Waals surface area (Å²) in [4.78, 5) is 15.6. The third-order valence-electron chi connectivity index (χ3n) is 6.46. The number of benzene rings is 2. The quantitative estimate of drug-likeness (QED) is 0.672. The summed E-state index contributed by atoms with van der Waals surface area (Å²) in [5.41, 5.74) is 3.62. The molecule has 2 aromatic rings. The molecule has 0 unspecified atom stereocenters. The van der Waals surface area contributed by atoms with Crippen LogP contribution in [0.4, 0.5) is 5.69 Å². The maximum Gasteiger partial charge on any atom is 0.253 e. The van der Waals surface area contributed by atoms with Crippen LogP contribution in [-0.4, -0.2) is 64.6 Å². The highest BCUT2D eigenvalue weighted by Crippen LogP contribution is 2.28. The molecule has 0 atom stereocenters. The van der Waals surface area contributed by atoms with E-state index in [9.17, 15) is 13.2 Å². The maximum absolute atomic E-state index is 13.3. The van der Waals surface area contributed by atoms with Crippen molar-refractivity contribution in [3.63, 3.8) is 0 Å². The monoisotopic (exact) mass is 471 g/mol. The Bertz CT molecular complexity index is 1070. The third-order valence-corrected chi connectivity index (χ3v) is 8.35. The van der Waals surface area contributed by atoms with E-state index in [-0.39, 0.29) is 10.8 Å². The second-order valence-electron chi connectivity index (χ2n) is 8.68. The molecule has 7 nitrogen and oxygen atoms in total. The predicted octanol–water partition coefficient (Wildman–Crippen LogP) is 2.98. The highest BCUT2D eigenvalue weighted by molar-refractivity contribution is 7.89. The topological polar surface area (TPSA) is 79.0 Å². The number of hydrogen-bond donors (Lipinski definition) is 1. The molecule has 0 bridgehead atoms. The molecule has 2 aromatic carbocycles. The van der Waals surface area contributed by atoms with Crippen LogP contribution in [0.5, 0.6) is 0 Å². The number of anilines is 1. The number of sulfonamides is 1. The van der Waals surface area contributed by atoms with Gasteiger partial charge in [-0.3, -0.25) is 4.79 Å². The fourth-order valence-electron chi connectivity index (χ4n) is 4.50. The highest BCUT2D eigenvalue weighted by Gasteiger charge is 2.28. The van der Waals surface area contributed by atoms with Crippen LogP contribution in [0.2, 0.25) is 0 Å². The van der Waals surface area contributed by atoms with E-state index in [1.807, 2.05) is 12.1 Å². The lowest BCUT2D eigenvalue weighted by molar-refractivity contribution is 0.0730. The Kier molecular flexibility index (Phi) is 7.67. The number of carbonyl (C=O) groups is 1. The zero-order chi connectivity index (χ0) is 23.3. The molecule has 0 spiro atoms. The molecule has 2 heterocycles. The summed E-state index contributed by atoms with van der Waals surface area (Å²) in [6, 6.07) is 13.1. The van der Waals surface area contributed by atoms with E-state index in [1.54, 1.807) is 18.2 Å². The number of piperidine rings is 1. The second kappa shape index (κ2) is 10.7. The van der Waals surface area contributed by atoms with Gasteiger partial charge in [0.05, 0.1) is 23.7 Å². The van der Waals surface area contributed by atoms with Crippen LogP contribution in [0.15, 0.2) is 47.4 Å². The summed E-state index contributed by atoms with van der Waals surface area (Å²) < 4.78 is 33.2. The molecule has 0 aliphatic carbocycles. The first-order valence-corrected chi connectivity index (χ1v) is 13.2. The molecule has 4 rings (SSSR count). The summed E-state index contributed by atoms with van der Waals surface area (Å²) in [6.07, 6.45) is 4.05. The molecule has 2 fully saturated rings. The average Bonchev–Trinajstić information content (AvgIpc) is 2.86. The summed E-state index contributed by atoms with van der Waals surface area (Å²) in [5.74, 6) is -0.233. The lowest BCUT2D eigenvalue weighted by Gasteiger charge is -2.31. The van der Waals surface area contributed by atoms with Crippen LogP contribution in [0.1, 0.15) is 40.7 Å². The molecule has 33 heavy (non-hydrogen) atoms. The summed E-state index contributed by atoms with van der Waals surface area (Å²) in [7, 11) is -3.68. The number of amides is 1. The van der Waals surface area contributed by atoms with Crippen LogP contribution >= 0.6 is 0 Å². The van der Waals surface area contributed by atoms with E-state index in [0.29, 0.717) is 38.4 Å². The van der Waals surface area contributed by atoms with Gasteiger partial charge in [-0.15, -0.1) is 0 Å². The van der Waals surface area contributed by atoms with Gasteiger partial charge < -0.3 is 15.0 Å². The van der Waals surface area contributed by atoms with Crippen molar-refractivity contribution in [1.29, 1.82) is 0 Å². The molecular formula is C25H33N3O4S. The smallest absolute Gasteiger partial charge is 0.253 e. The van der Waals surface area contributed by atoms with Gasteiger partial charge in [-0.2, -0.15) is 4.31 Å². The number of nitrogens with one attached hydrogen (secondary N) is 1. The number of carbonyl (C=O) groups excluding carboxylic acids is 1. The van der Waals surface area contributed by atoms with Crippen LogP contribution in [0.3, 0.4) is 0 Å². The summed E-state index contributed by atoms with van der Waals surface area (Å²) in [5, 5.41) is 3.02. The van der Waals surface area contributed by atoms with Crippen LogP contribution in [-0.2, 0) is 21.2 Å². The van der Waals surface area contributed by atoms with Gasteiger partial charge in [0.2, 0.25) is 10.0 Å². The minimum Gasteiger partial charge on any atom is -0.379 e. The van der Waals surface area contributed by atoms with Crippen molar-refractivity contribution < 1.29 is 17.9 Å². The van der Waals surface area contributed by atoms with E-state index < -0.39 is 10.0 Å². The van der Waals surface area contributed by atoms with E-state index in [1.165, 1.54) is 21.9 Å². The Hall–Kier alpha value is -2.42. The van der Waals surface area contributed by atoms with Gasteiger partial charge >= 0.3 is 0 Å². The van der Waals surface area contributed by atoms with E-state index >= 15 is 0 Å². The minimum atomic E-state index is -3.68. The summed E-state index contributed by atoms with van der Waals surface area (Å²) >= 11 is 0. The number of aryl methyl sites for hydroxylation is 1. The zero-order valence-corrected chi connectivity index (χ0v) is 20.1. The highest BCUT2D eigenvalue weighted by atomic mass is 32.2. The molecule has 1 amide bonds. The number of nitrogens with zero attached hydrogens (tertiary/aromatic N) is 2. The van der Waals surface area contributed by atoms with Crippen LogP contribution < -0.4 is 10.2 Å². The second-order valence-corrected chi connectivity index (χ2v) is 10.6. The van der Waals surface area contributed by atoms with Crippen molar-refractivity contribution in [2.75, 3.05) is 50.8 Å². The Balaban J connectivity index is 1.57. The van der Waals surface area contributed by atoms with Crippen molar-refractivity contribution in [3.8, 4) is 0 Å². The average molecular weight is 472 g/mol. The molecule has 2 saturated heterocycles. The Morgan fingerprint density at radius 2 is 1.73 bits per heavy atom. The van der Waals surface area contributed by atoms with E-state index in [0.717, 1.165) is 38.0 Å². The standard InChI is InChI=1S/C25H33N3O4S/c1-20-7-3-4-8-21(20)11-12-26-25(29)23-19-22(33(30,31)28-15-17-32-18-16-28)9-10-24(23)27-13-5-2-6-14-27/h3-4,7-10,19H,2,5-6,11-18H2,1H3,(H,26,29). The normalized spacial score (nSPS) is 17.7. The first-order valence-electron chi connectivity index (χ1n) is 11.8. The zero-order valence-electron chi connectivity index (χ0n) is 19.3. The van der Waals surface area contributed by atoms with E-state index in [4.69, 9.17) is 4.74 Å². The maximum atomic E-state index is 13.3. The molecule has 2 aliphatic rings. The molecule has 1 N–H and O–H groups in total.